The van der Waals surface area contributed by atoms with Gasteiger partial charge in [-0.05, 0) is 48.4 Å². The highest BCUT2D eigenvalue weighted by Crippen LogP contribution is 2.39. The summed E-state index contributed by atoms with van der Waals surface area (Å²) in [6.45, 7) is 1.89. The Morgan fingerprint density at radius 1 is 1.17 bits per heavy atom. The van der Waals surface area contributed by atoms with Crippen LogP contribution in [0.15, 0.2) is 48.5 Å². The van der Waals surface area contributed by atoms with Gasteiger partial charge >= 0.3 is 0 Å². The fraction of sp³-hybridized carbons (Fsp3) is 0.519. The maximum absolute atomic E-state index is 13.6. The summed E-state index contributed by atoms with van der Waals surface area (Å²) >= 11 is 0. The van der Waals surface area contributed by atoms with E-state index in [4.69, 9.17) is 9.47 Å². The molecule has 2 aromatic carbocycles. The molecule has 6 nitrogen and oxygen atoms in total. The summed E-state index contributed by atoms with van der Waals surface area (Å²) in [5.41, 5.74) is 1.48. The van der Waals surface area contributed by atoms with Gasteiger partial charge in [0.05, 0.1) is 30.9 Å². The predicted molar refractivity (Wildman–Crippen MR) is 127 cm³/mol. The Labute approximate surface area is 205 Å². The molecule has 1 unspecified atom stereocenters. The fourth-order valence-corrected chi connectivity index (χ4v) is 5.19. The number of morpholine rings is 1. The van der Waals surface area contributed by atoms with Gasteiger partial charge in [-0.2, -0.15) is 0 Å². The third kappa shape index (κ3) is 7.07. The van der Waals surface area contributed by atoms with Gasteiger partial charge in [0.25, 0.3) is 0 Å². The molecule has 35 heavy (non-hydrogen) atoms. The van der Waals surface area contributed by atoms with Crippen molar-refractivity contribution in [3.05, 3.63) is 71.3 Å². The first-order chi connectivity index (χ1) is 16.9. The highest BCUT2D eigenvalue weighted by molar-refractivity contribution is 5.73. The van der Waals surface area contributed by atoms with Gasteiger partial charge < -0.3 is 25.2 Å². The van der Waals surface area contributed by atoms with Gasteiger partial charge in [-0.25, -0.2) is 8.78 Å². The zero-order chi connectivity index (χ0) is 24.8. The van der Waals surface area contributed by atoms with E-state index in [9.17, 15) is 18.7 Å². The van der Waals surface area contributed by atoms with Crippen LogP contribution in [0.1, 0.15) is 49.8 Å². The van der Waals surface area contributed by atoms with Gasteiger partial charge in [-0.15, -0.1) is 0 Å². The van der Waals surface area contributed by atoms with Crippen molar-refractivity contribution in [1.82, 2.24) is 10.6 Å². The summed E-state index contributed by atoms with van der Waals surface area (Å²) in [5.74, 6) is -1.30. The molecule has 1 aliphatic heterocycles. The molecular weight excluding hydrogens is 454 g/mol. The van der Waals surface area contributed by atoms with E-state index < -0.39 is 36.1 Å². The number of nitrogens with one attached hydrogen (secondary N) is 2. The van der Waals surface area contributed by atoms with E-state index in [1.807, 2.05) is 18.2 Å². The fourth-order valence-electron chi connectivity index (χ4n) is 5.19. The first kappa shape index (κ1) is 25.7. The van der Waals surface area contributed by atoms with Crippen molar-refractivity contribution in [3.63, 3.8) is 0 Å². The number of carbonyl (C=O) groups is 1. The monoisotopic (exact) mass is 488 g/mol. The van der Waals surface area contributed by atoms with Gasteiger partial charge in [0.2, 0.25) is 5.91 Å². The minimum atomic E-state index is -1.04. The van der Waals surface area contributed by atoms with Gasteiger partial charge in [-0.1, -0.05) is 43.2 Å². The Kier molecular flexibility index (Phi) is 8.83. The number of benzene rings is 2. The average Bonchev–Trinajstić information content (AvgIpc) is 3.36. The number of halogens is 2. The zero-order valence-electron chi connectivity index (χ0n) is 20.0. The van der Waals surface area contributed by atoms with Crippen molar-refractivity contribution in [2.24, 2.45) is 5.92 Å². The Balaban J connectivity index is 1.37. The molecule has 1 saturated carbocycles. The molecule has 1 amide bonds. The van der Waals surface area contributed by atoms with Crippen LogP contribution in [-0.2, 0) is 20.7 Å². The van der Waals surface area contributed by atoms with E-state index in [-0.39, 0.29) is 25.0 Å². The molecule has 1 saturated heterocycles. The lowest BCUT2D eigenvalue weighted by atomic mass is 9.94. The van der Waals surface area contributed by atoms with Crippen molar-refractivity contribution >= 4 is 5.91 Å². The topological polar surface area (TPSA) is 79.8 Å². The summed E-state index contributed by atoms with van der Waals surface area (Å²) in [6.07, 6.45) is 3.17. The Morgan fingerprint density at radius 2 is 1.86 bits per heavy atom. The molecule has 2 fully saturated rings. The van der Waals surface area contributed by atoms with Crippen LogP contribution in [0, 0.1) is 17.6 Å². The molecule has 0 bridgehead atoms. The maximum atomic E-state index is 13.6. The van der Waals surface area contributed by atoms with Crippen molar-refractivity contribution in [3.8, 4) is 0 Å². The van der Waals surface area contributed by atoms with E-state index in [1.54, 1.807) is 0 Å². The van der Waals surface area contributed by atoms with E-state index in [1.165, 1.54) is 31.9 Å². The van der Waals surface area contributed by atoms with Crippen LogP contribution in [-0.4, -0.2) is 48.6 Å². The van der Waals surface area contributed by atoms with E-state index >= 15 is 0 Å². The highest BCUT2D eigenvalue weighted by Gasteiger charge is 2.35. The molecule has 0 aromatic heterocycles. The molecule has 1 aliphatic carbocycles. The van der Waals surface area contributed by atoms with Crippen molar-refractivity contribution in [2.45, 2.75) is 69.6 Å². The van der Waals surface area contributed by atoms with Crippen LogP contribution in [0.3, 0.4) is 0 Å². The van der Waals surface area contributed by atoms with Crippen LogP contribution in [0.2, 0.25) is 0 Å². The van der Waals surface area contributed by atoms with Gasteiger partial charge in [-0.3, -0.25) is 4.79 Å². The molecule has 190 valence electrons. The van der Waals surface area contributed by atoms with Crippen molar-refractivity contribution in [2.75, 3.05) is 13.2 Å². The highest BCUT2D eigenvalue weighted by atomic mass is 19.1. The van der Waals surface area contributed by atoms with Crippen LogP contribution in [0.5, 0.6) is 0 Å². The van der Waals surface area contributed by atoms with Crippen LogP contribution < -0.4 is 10.6 Å². The molecule has 3 N–H and O–H groups in total. The number of ether oxygens (including phenoxy) is 2. The second kappa shape index (κ2) is 12.0. The lowest BCUT2D eigenvalue weighted by Crippen LogP contribution is -2.59. The molecule has 0 spiro atoms. The quantitative estimate of drug-likeness (QED) is 0.502. The molecule has 5 atom stereocenters. The third-order valence-corrected chi connectivity index (χ3v) is 6.85. The number of aliphatic hydroxyl groups is 1. The van der Waals surface area contributed by atoms with Crippen LogP contribution in [0.25, 0.3) is 0 Å². The number of aliphatic hydroxyl groups excluding tert-OH is 1. The molecular formula is C27H34F2N2O4. The summed E-state index contributed by atoms with van der Waals surface area (Å²) in [4.78, 5) is 11.8. The first-order valence-corrected chi connectivity index (χ1v) is 12.3. The second-order valence-corrected chi connectivity index (χ2v) is 9.57. The normalized spacial score (nSPS) is 23.5. The minimum Gasteiger partial charge on any atom is -0.389 e. The number of hydrogen-bond donors (Lipinski definition) is 3. The third-order valence-electron chi connectivity index (χ3n) is 6.85. The summed E-state index contributed by atoms with van der Waals surface area (Å²) in [5, 5.41) is 17.0. The number of amides is 1. The largest absolute Gasteiger partial charge is 0.389 e. The first-order valence-electron chi connectivity index (χ1n) is 12.3. The Hall–Kier alpha value is -2.39. The molecule has 0 radical (unpaired) electrons. The van der Waals surface area contributed by atoms with Crippen molar-refractivity contribution in [1.29, 1.82) is 0 Å². The van der Waals surface area contributed by atoms with Gasteiger partial charge in [0, 0.05) is 19.5 Å². The molecule has 4 rings (SSSR count). The lowest BCUT2D eigenvalue weighted by Gasteiger charge is -2.38. The smallest absolute Gasteiger partial charge is 0.217 e. The van der Waals surface area contributed by atoms with E-state index in [0.29, 0.717) is 18.0 Å². The predicted octanol–water partition coefficient (Wildman–Crippen LogP) is 3.64. The molecule has 1 heterocycles. The van der Waals surface area contributed by atoms with E-state index in [2.05, 4.69) is 22.8 Å². The Morgan fingerprint density at radius 3 is 2.46 bits per heavy atom. The molecule has 8 heteroatoms. The molecule has 2 aromatic rings. The minimum absolute atomic E-state index is 0.0537. The number of rotatable bonds is 9. The van der Waals surface area contributed by atoms with E-state index in [0.717, 1.165) is 24.5 Å². The average molecular weight is 489 g/mol. The van der Waals surface area contributed by atoms with Crippen LogP contribution >= 0.6 is 0 Å². The zero-order valence-corrected chi connectivity index (χ0v) is 20.0. The van der Waals surface area contributed by atoms with Crippen molar-refractivity contribution < 1.29 is 28.2 Å². The standard InChI is InChI=1S/C27H34F2N2O4/c1-17(32)31-23(13-18-11-21(28)14-22(29)12-18)26(33)24-16-34-25(15-30-24)35-27(20-9-5-6-10-20)19-7-3-2-4-8-19/h2-4,7-8,11-12,14,20,23-27,30,33H,5-6,9-10,13,15-16H2,1H3,(H,31,32)/t23-,24+,25+,26-,27?/m0/s1. The van der Waals surface area contributed by atoms with Gasteiger partial charge in [0.1, 0.15) is 11.6 Å². The van der Waals surface area contributed by atoms with Crippen LogP contribution in [0.4, 0.5) is 8.78 Å². The lowest BCUT2D eigenvalue weighted by molar-refractivity contribution is -0.206. The van der Waals surface area contributed by atoms with Gasteiger partial charge in [0.15, 0.2) is 6.29 Å². The Bertz CT molecular complexity index is 943. The summed E-state index contributed by atoms with van der Waals surface area (Å²) < 4.78 is 39.7. The maximum Gasteiger partial charge on any atom is 0.217 e. The number of hydrogen-bond acceptors (Lipinski definition) is 5. The second-order valence-electron chi connectivity index (χ2n) is 9.57. The SMILES string of the molecule is CC(=O)N[C@@H](Cc1cc(F)cc(F)c1)[C@H](O)[C@H]1CO[C@H](OC(c2ccccc2)C2CCCC2)CN1. The molecule has 2 aliphatic rings. The summed E-state index contributed by atoms with van der Waals surface area (Å²) in [7, 11) is 0. The number of carbonyl (C=O) groups excluding carboxylic acids is 1. The summed E-state index contributed by atoms with van der Waals surface area (Å²) in [6, 6.07) is 12.1.